The summed E-state index contributed by atoms with van der Waals surface area (Å²) in [6.45, 7) is 4.79. The van der Waals surface area contributed by atoms with Crippen LogP contribution in [0.25, 0.3) is 0 Å². The molecule has 0 spiro atoms. The molecule has 0 aliphatic rings. The fourth-order valence-corrected chi connectivity index (χ4v) is 2.09. The van der Waals surface area contributed by atoms with E-state index in [0.717, 1.165) is 42.4 Å². The van der Waals surface area contributed by atoms with E-state index in [1.54, 1.807) is 12.3 Å². The second-order valence-corrected chi connectivity index (χ2v) is 4.96. The minimum atomic E-state index is 0.490. The number of nitrogens with zero attached hydrogens (tertiary/aromatic N) is 3. The van der Waals surface area contributed by atoms with Crippen LogP contribution in [0.5, 0.6) is 0 Å². The molecule has 2 aromatic heterocycles. The van der Waals surface area contributed by atoms with E-state index >= 15 is 0 Å². The molecule has 0 radical (unpaired) electrons. The Labute approximate surface area is 118 Å². The zero-order chi connectivity index (χ0) is 13.8. The summed E-state index contributed by atoms with van der Waals surface area (Å²) in [5, 5.41) is 0.490. The Morgan fingerprint density at radius 1 is 1.37 bits per heavy atom. The molecule has 0 aliphatic heterocycles. The number of aryl methyl sites for hydroxylation is 2. The monoisotopic (exact) mass is 279 g/mol. The summed E-state index contributed by atoms with van der Waals surface area (Å²) in [5.74, 6) is 2.56. The first kappa shape index (κ1) is 13.9. The van der Waals surface area contributed by atoms with Gasteiger partial charge in [0.15, 0.2) is 0 Å². The van der Waals surface area contributed by atoms with Gasteiger partial charge in [0.25, 0.3) is 0 Å². The van der Waals surface area contributed by atoms with Crippen LogP contribution in [0.4, 0.5) is 5.82 Å². The van der Waals surface area contributed by atoms with E-state index in [2.05, 4.69) is 16.9 Å². The van der Waals surface area contributed by atoms with Crippen molar-refractivity contribution in [2.24, 2.45) is 0 Å². The molecule has 0 amide bonds. The zero-order valence-electron chi connectivity index (χ0n) is 11.5. The Hall–Kier alpha value is -1.55. The molecule has 102 valence electrons. The van der Waals surface area contributed by atoms with Crippen molar-refractivity contribution >= 4 is 17.4 Å². The first-order chi connectivity index (χ1) is 9.10. The summed E-state index contributed by atoms with van der Waals surface area (Å²) in [7, 11) is 1.99. The fourth-order valence-electron chi connectivity index (χ4n) is 1.89. The highest BCUT2D eigenvalue weighted by molar-refractivity contribution is 6.29. The molecular formula is C14H18ClN3O. The van der Waals surface area contributed by atoms with E-state index in [1.807, 2.05) is 24.9 Å². The van der Waals surface area contributed by atoms with Gasteiger partial charge in [-0.3, -0.25) is 0 Å². The van der Waals surface area contributed by atoms with E-state index in [9.17, 15) is 0 Å². The molecule has 0 saturated heterocycles. The van der Waals surface area contributed by atoms with Gasteiger partial charge < -0.3 is 9.32 Å². The lowest BCUT2D eigenvalue weighted by Crippen LogP contribution is -2.18. The smallest absolute Gasteiger partial charge is 0.134 e. The zero-order valence-corrected chi connectivity index (χ0v) is 12.2. The number of hydrogen-bond acceptors (Lipinski definition) is 4. The van der Waals surface area contributed by atoms with Crippen molar-refractivity contribution in [3.05, 3.63) is 40.7 Å². The van der Waals surface area contributed by atoms with Crippen molar-refractivity contribution in [3.8, 4) is 0 Å². The fraction of sp³-hybridized carbons (Fsp3) is 0.429. The number of rotatable bonds is 5. The highest BCUT2D eigenvalue weighted by atomic mass is 35.5. The third-order valence-electron chi connectivity index (χ3n) is 2.97. The van der Waals surface area contributed by atoms with E-state index in [4.69, 9.17) is 16.0 Å². The van der Waals surface area contributed by atoms with Crippen molar-refractivity contribution in [1.82, 2.24) is 9.97 Å². The van der Waals surface area contributed by atoms with Crippen LogP contribution in [0.3, 0.4) is 0 Å². The third kappa shape index (κ3) is 3.47. The van der Waals surface area contributed by atoms with Crippen LogP contribution < -0.4 is 4.90 Å². The molecule has 0 atom stereocenters. The highest BCUT2D eigenvalue weighted by Gasteiger charge is 2.10. The summed E-state index contributed by atoms with van der Waals surface area (Å²) < 4.78 is 5.30. The molecule has 0 saturated carbocycles. The molecule has 2 aromatic rings. The summed E-state index contributed by atoms with van der Waals surface area (Å²) in [6.07, 6.45) is 3.55. The molecule has 0 aliphatic carbocycles. The minimum absolute atomic E-state index is 0.490. The first-order valence-electron chi connectivity index (χ1n) is 6.37. The van der Waals surface area contributed by atoms with Crippen molar-refractivity contribution in [3.63, 3.8) is 0 Å². The SMILES string of the molecule is CCCc1nc(Cl)cc(N(C)Cc2ccoc2C)n1. The standard InChI is InChI=1S/C14H18ClN3O/c1-4-5-13-16-12(15)8-14(17-13)18(3)9-11-6-7-19-10(11)2/h6-8H,4-5,9H2,1-3H3. The van der Waals surface area contributed by atoms with Gasteiger partial charge in [-0.1, -0.05) is 18.5 Å². The molecule has 0 bridgehead atoms. The summed E-state index contributed by atoms with van der Waals surface area (Å²) in [5.41, 5.74) is 1.15. The van der Waals surface area contributed by atoms with E-state index in [-0.39, 0.29) is 0 Å². The van der Waals surface area contributed by atoms with Crippen LogP contribution in [0, 0.1) is 6.92 Å². The molecule has 0 N–H and O–H groups in total. The van der Waals surface area contributed by atoms with Gasteiger partial charge in [0.05, 0.1) is 6.26 Å². The number of furan rings is 1. The van der Waals surface area contributed by atoms with Gasteiger partial charge in [-0.25, -0.2) is 9.97 Å². The van der Waals surface area contributed by atoms with E-state index < -0.39 is 0 Å². The topological polar surface area (TPSA) is 42.2 Å². The van der Waals surface area contributed by atoms with E-state index in [1.165, 1.54) is 0 Å². The molecule has 19 heavy (non-hydrogen) atoms. The van der Waals surface area contributed by atoms with Gasteiger partial charge in [0.2, 0.25) is 0 Å². The van der Waals surface area contributed by atoms with Crippen molar-refractivity contribution < 1.29 is 4.42 Å². The second-order valence-electron chi connectivity index (χ2n) is 4.57. The van der Waals surface area contributed by atoms with Gasteiger partial charge in [0.1, 0.15) is 22.6 Å². The largest absolute Gasteiger partial charge is 0.469 e. The van der Waals surface area contributed by atoms with Crippen molar-refractivity contribution in [2.45, 2.75) is 33.2 Å². The lowest BCUT2D eigenvalue weighted by molar-refractivity contribution is 0.529. The number of hydrogen-bond donors (Lipinski definition) is 0. The summed E-state index contributed by atoms with van der Waals surface area (Å²) in [6, 6.07) is 3.76. The molecular weight excluding hydrogens is 262 g/mol. The molecule has 0 unspecified atom stereocenters. The Morgan fingerprint density at radius 2 is 2.16 bits per heavy atom. The van der Waals surface area contributed by atoms with Crippen LogP contribution in [0.2, 0.25) is 5.15 Å². The van der Waals surface area contributed by atoms with Crippen molar-refractivity contribution in [1.29, 1.82) is 0 Å². The first-order valence-corrected chi connectivity index (χ1v) is 6.75. The lowest BCUT2D eigenvalue weighted by atomic mass is 10.2. The van der Waals surface area contributed by atoms with Crippen LogP contribution in [-0.4, -0.2) is 17.0 Å². The average Bonchev–Trinajstić information content (AvgIpc) is 2.75. The minimum Gasteiger partial charge on any atom is -0.469 e. The highest BCUT2D eigenvalue weighted by Crippen LogP contribution is 2.19. The van der Waals surface area contributed by atoms with Crippen LogP contribution in [-0.2, 0) is 13.0 Å². The molecule has 4 nitrogen and oxygen atoms in total. The van der Waals surface area contributed by atoms with Gasteiger partial charge >= 0.3 is 0 Å². The lowest BCUT2D eigenvalue weighted by Gasteiger charge is -2.18. The molecule has 2 rings (SSSR count). The maximum Gasteiger partial charge on any atom is 0.134 e. The maximum absolute atomic E-state index is 6.05. The van der Waals surface area contributed by atoms with Crippen LogP contribution in [0.1, 0.15) is 30.5 Å². The molecule has 0 fully saturated rings. The Morgan fingerprint density at radius 3 is 2.79 bits per heavy atom. The molecule has 0 aromatic carbocycles. The predicted octanol–water partition coefficient (Wildman–Crippen LogP) is 3.62. The Bertz CT molecular complexity index is 553. The van der Waals surface area contributed by atoms with Gasteiger partial charge in [-0.05, 0) is 19.4 Å². The second kappa shape index (κ2) is 6.06. The molecule has 5 heteroatoms. The molecule has 2 heterocycles. The van der Waals surface area contributed by atoms with Gasteiger partial charge in [-0.15, -0.1) is 0 Å². The normalized spacial score (nSPS) is 10.7. The summed E-state index contributed by atoms with van der Waals surface area (Å²) >= 11 is 6.05. The van der Waals surface area contributed by atoms with Crippen LogP contribution >= 0.6 is 11.6 Å². The maximum atomic E-state index is 6.05. The number of aromatic nitrogens is 2. The van der Waals surface area contributed by atoms with Gasteiger partial charge in [-0.2, -0.15) is 0 Å². The third-order valence-corrected chi connectivity index (χ3v) is 3.16. The average molecular weight is 280 g/mol. The Balaban J connectivity index is 2.18. The summed E-state index contributed by atoms with van der Waals surface area (Å²) in [4.78, 5) is 10.8. The van der Waals surface area contributed by atoms with Gasteiger partial charge in [0, 0.05) is 31.6 Å². The van der Waals surface area contributed by atoms with Crippen molar-refractivity contribution in [2.75, 3.05) is 11.9 Å². The number of anilines is 1. The number of halogens is 1. The van der Waals surface area contributed by atoms with E-state index in [0.29, 0.717) is 5.15 Å². The van der Waals surface area contributed by atoms with Crippen LogP contribution in [0.15, 0.2) is 22.8 Å². The quantitative estimate of drug-likeness (QED) is 0.784. The Kier molecular flexibility index (Phi) is 4.43. The predicted molar refractivity (Wildman–Crippen MR) is 76.6 cm³/mol.